The molecule has 0 spiro atoms. The lowest BCUT2D eigenvalue weighted by Crippen LogP contribution is -2.39. The van der Waals surface area contributed by atoms with Crippen LogP contribution in [0.1, 0.15) is 47.8 Å². The van der Waals surface area contributed by atoms with Crippen LogP contribution in [0.4, 0.5) is 19.0 Å². The van der Waals surface area contributed by atoms with E-state index in [2.05, 4.69) is 15.6 Å². The molecular formula is C27H27F3N6O3. The van der Waals surface area contributed by atoms with Gasteiger partial charge in [-0.3, -0.25) is 4.79 Å². The fraction of sp³-hybridized carbons (Fsp3) is 0.370. The van der Waals surface area contributed by atoms with E-state index in [1.165, 1.54) is 11.8 Å². The molecule has 0 bridgehead atoms. The van der Waals surface area contributed by atoms with Crippen molar-refractivity contribution in [2.45, 2.75) is 38.0 Å². The van der Waals surface area contributed by atoms with Gasteiger partial charge < -0.3 is 24.0 Å². The number of para-hydroxylation sites is 1. The number of alkyl halides is 3. The fourth-order valence-corrected chi connectivity index (χ4v) is 5.68. The standard InChI is InChI=1S/C27H27F3N6O3/c1-15-11-21(39-33-15)19-9-6-10-35(19)26(37)24-17(14-38-3)31-23-13-22(27(28,29)30)32-36(23)25(24)20-12-16-7-4-5-8-18(16)34(20)2/h4-5,7-8,11-13,19,25,31H,6,9-10,14H2,1-3H3/t19-,25-/m0/s1. The van der Waals surface area contributed by atoms with Gasteiger partial charge in [0.15, 0.2) is 11.5 Å². The molecule has 0 radical (unpaired) electrons. The Kier molecular flexibility index (Phi) is 6.01. The van der Waals surface area contributed by atoms with E-state index in [4.69, 9.17) is 9.26 Å². The van der Waals surface area contributed by atoms with Gasteiger partial charge in [-0.25, -0.2) is 4.68 Å². The number of rotatable bonds is 5. The summed E-state index contributed by atoms with van der Waals surface area (Å²) in [5.74, 6) is 0.386. The molecule has 3 aromatic heterocycles. The molecule has 1 fully saturated rings. The van der Waals surface area contributed by atoms with Crippen LogP contribution in [0.5, 0.6) is 0 Å². The molecule has 6 rings (SSSR count). The molecule has 0 saturated carbocycles. The molecule has 0 aliphatic carbocycles. The number of methoxy groups -OCH3 is 1. The molecule has 1 aromatic carbocycles. The Morgan fingerprint density at radius 3 is 2.72 bits per heavy atom. The molecular weight excluding hydrogens is 513 g/mol. The van der Waals surface area contributed by atoms with Gasteiger partial charge in [0.25, 0.3) is 5.91 Å². The van der Waals surface area contributed by atoms with Gasteiger partial charge in [0.2, 0.25) is 0 Å². The number of hydrogen-bond acceptors (Lipinski definition) is 6. The van der Waals surface area contributed by atoms with Crippen LogP contribution < -0.4 is 5.32 Å². The molecule has 1 N–H and O–H groups in total. The molecule has 2 atom stereocenters. The van der Waals surface area contributed by atoms with Crippen molar-refractivity contribution in [3.8, 4) is 0 Å². The zero-order chi connectivity index (χ0) is 27.5. The smallest absolute Gasteiger partial charge is 0.378 e. The minimum atomic E-state index is -4.66. The van der Waals surface area contributed by atoms with Gasteiger partial charge in [0.1, 0.15) is 11.9 Å². The first-order valence-corrected chi connectivity index (χ1v) is 12.6. The highest BCUT2D eigenvalue weighted by Crippen LogP contribution is 2.43. The van der Waals surface area contributed by atoms with Gasteiger partial charge in [-0.05, 0) is 37.3 Å². The normalized spacial score (nSPS) is 19.6. The van der Waals surface area contributed by atoms with Crippen LogP contribution in [0.2, 0.25) is 0 Å². The fourth-order valence-electron chi connectivity index (χ4n) is 5.68. The Balaban J connectivity index is 1.54. The molecule has 204 valence electrons. The van der Waals surface area contributed by atoms with Crippen molar-refractivity contribution in [3.05, 3.63) is 76.6 Å². The number of halogens is 3. The predicted molar refractivity (Wildman–Crippen MR) is 136 cm³/mol. The van der Waals surface area contributed by atoms with Crippen LogP contribution in [-0.4, -0.2) is 50.6 Å². The molecule has 9 nitrogen and oxygen atoms in total. The third kappa shape index (κ3) is 4.19. The number of anilines is 1. The average molecular weight is 541 g/mol. The lowest BCUT2D eigenvalue weighted by atomic mass is 9.97. The van der Waals surface area contributed by atoms with E-state index in [0.29, 0.717) is 35.8 Å². The molecule has 12 heteroatoms. The number of nitrogens with one attached hydrogen (secondary N) is 1. The maximum Gasteiger partial charge on any atom is 0.435 e. The molecule has 4 aromatic rings. The maximum absolute atomic E-state index is 14.4. The highest BCUT2D eigenvalue weighted by atomic mass is 19.4. The summed E-state index contributed by atoms with van der Waals surface area (Å²) in [5.41, 5.74) is 1.83. The van der Waals surface area contributed by atoms with E-state index in [1.54, 1.807) is 4.90 Å². The van der Waals surface area contributed by atoms with Crippen LogP contribution in [0.15, 0.2) is 58.3 Å². The SMILES string of the molecule is COCC1=C(C(=O)N2CCC[C@H]2c2cc(C)no2)[C@H](c2cc3ccccc3n2C)n2nc(C(F)(F)F)cc2N1. The number of amides is 1. The molecule has 1 saturated heterocycles. The lowest BCUT2D eigenvalue weighted by Gasteiger charge is -2.34. The van der Waals surface area contributed by atoms with Gasteiger partial charge in [0.05, 0.1) is 29.6 Å². The third-order valence-electron chi connectivity index (χ3n) is 7.42. The maximum atomic E-state index is 14.4. The minimum absolute atomic E-state index is 0.00598. The van der Waals surface area contributed by atoms with E-state index in [9.17, 15) is 18.0 Å². The van der Waals surface area contributed by atoms with E-state index < -0.39 is 17.9 Å². The highest BCUT2D eigenvalue weighted by Gasteiger charge is 2.44. The van der Waals surface area contributed by atoms with Crippen molar-refractivity contribution in [1.82, 2.24) is 24.4 Å². The molecule has 1 amide bonds. The summed E-state index contributed by atoms with van der Waals surface area (Å²) >= 11 is 0. The van der Waals surface area contributed by atoms with Crippen molar-refractivity contribution in [2.24, 2.45) is 7.05 Å². The summed E-state index contributed by atoms with van der Waals surface area (Å²) in [6, 6.07) is 11.0. The second-order valence-electron chi connectivity index (χ2n) is 9.92. The molecule has 39 heavy (non-hydrogen) atoms. The summed E-state index contributed by atoms with van der Waals surface area (Å²) in [6.07, 6.45) is -3.23. The first-order valence-electron chi connectivity index (χ1n) is 12.6. The number of carbonyl (C=O) groups is 1. The molecule has 0 unspecified atom stereocenters. The topological polar surface area (TPSA) is 90.4 Å². The Morgan fingerprint density at radius 1 is 1.23 bits per heavy atom. The summed E-state index contributed by atoms with van der Waals surface area (Å²) in [6.45, 7) is 2.27. The predicted octanol–water partition coefficient (Wildman–Crippen LogP) is 4.97. The van der Waals surface area contributed by atoms with Crippen LogP contribution in [-0.2, 0) is 22.8 Å². The van der Waals surface area contributed by atoms with Crippen molar-refractivity contribution in [2.75, 3.05) is 25.6 Å². The Hall–Kier alpha value is -4.06. The first kappa shape index (κ1) is 25.2. The van der Waals surface area contributed by atoms with Crippen LogP contribution in [0.25, 0.3) is 10.9 Å². The van der Waals surface area contributed by atoms with Gasteiger partial charge in [-0.15, -0.1) is 0 Å². The van der Waals surface area contributed by atoms with E-state index >= 15 is 0 Å². The van der Waals surface area contributed by atoms with E-state index in [0.717, 1.165) is 23.4 Å². The zero-order valence-electron chi connectivity index (χ0n) is 21.6. The van der Waals surface area contributed by atoms with Crippen molar-refractivity contribution in [3.63, 3.8) is 0 Å². The number of ether oxygens (including phenoxy) is 1. The molecule has 2 aliphatic rings. The van der Waals surface area contributed by atoms with Crippen LogP contribution in [0.3, 0.4) is 0 Å². The highest BCUT2D eigenvalue weighted by molar-refractivity contribution is 5.98. The quantitative estimate of drug-likeness (QED) is 0.385. The lowest BCUT2D eigenvalue weighted by molar-refractivity contribution is -0.141. The third-order valence-corrected chi connectivity index (χ3v) is 7.42. The number of aromatic nitrogens is 4. The van der Waals surface area contributed by atoms with Crippen molar-refractivity contribution in [1.29, 1.82) is 0 Å². The van der Waals surface area contributed by atoms with Crippen molar-refractivity contribution >= 4 is 22.6 Å². The number of aryl methyl sites for hydroxylation is 2. The number of likely N-dealkylation sites (tertiary alicyclic amines) is 1. The summed E-state index contributed by atoms with van der Waals surface area (Å²) in [5, 5.41) is 11.9. The summed E-state index contributed by atoms with van der Waals surface area (Å²) in [4.78, 5) is 16.1. The number of nitrogens with zero attached hydrogens (tertiary/aromatic N) is 5. The molecule has 2 aliphatic heterocycles. The average Bonchev–Trinajstić information content (AvgIpc) is 3.68. The van der Waals surface area contributed by atoms with Gasteiger partial charge in [-0.2, -0.15) is 18.3 Å². The Bertz CT molecular complexity index is 1600. The number of fused-ring (bicyclic) bond motifs is 2. The number of hydrogen-bond donors (Lipinski definition) is 1. The van der Waals surface area contributed by atoms with Crippen molar-refractivity contribution < 1.29 is 27.2 Å². The Labute approximate surface area is 221 Å². The van der Waals surface area contributed by atoms with Gasteiger partial charge >= 0.3 is 6.18 Å². The number of carbonyl (C=O) groups excluding carboxylic acids is 1. The van der Waals surface area contributed by atoms with Crippen LogP contribution >= 0.6 is 0 Å². The largest absolute Gasteiger partial charge is 0.435 e. The minimum Gasteiger partial charge on any atom is -0.378 e. The monoisotopic (exact) mass is 540 g/mol. The van der Waals surface area contributed by atoms with E-state index in [-0.39, 0.29) is 29.9 Å². The second kappa shape index (κ2) is 9.30. The van der Waals surface area contributed by atoms with Gasteiger partial charge in [-0.1, -0.05) is 23.4 Å². The molecule has 5 heterocycles. The zero-order valence-corrected chi connectivity index (χ0v) is 21.6. The van der Waals surface area contributed by atoms with Gasteiger partial charge in [0, 0.05) is 44.0 Å². The number of benzene rings is 1. The summed E-state index contributed by atoms with van der Waals surface area (Å²) < 4.78 is 55.5. The second-order valence-corrected chi connectivity index (χ2v) is 9.92. The Morgan fingerprint density at radius 2 is 2.03 bits per heavy atom. The van der Waals surface area contributed by atoms with Crippen LogP contribution in [0, 0.1) is 6.92 Å². The van der Waals surface area contributed by atoms with E-state index in [1.807, 2.05) is 54.9 Å². The summed E-state index contributed by atoms with van der Waals surface area (Å²) in [7, 11) is 3.31. The first-order chi connectivity index (χ1) is 18.7.